The number of hydrogen-bond donors (Lipinski definition) is 4. The lowest BCUT2D eigenvalue weighted by Crippen LogP contribution is -2.55. The summed E-state index contributed by atoms with van der Waals surface area (Å²) in [7, 11) is -1.43. The minimum Gasteiger partial charge on any atom is -0.534 e. The Morgan fingerprint density at radius 3 is 2.75 bits per heavy atom. The first-order valence-corrected chi connectivity index (χ1v) is 8.43. The smallest absolute Gasteiger partial charge is 0.534 e. The van der Waals surface area contributed by atoms with Gasteiger partial charge < -0.3 is 35.5 Å². The van der Waals surface area contributed by atoms with Crippen LogP contribution in [-0.2, 0) is 25.5 Å². The van der Waals surface area contributed by atoms with Crippen molar-refractivity contribution >= 4 is 31.0 Å². The van der Waals surface area contributed by atoms with Crippen molar-refractivity contribution in [2.45, 2.75) is 25.7 Å². The number of carbonyl (C=O) groups excluding carboxylic acids is 4. The van der Waals surface area contributed by atoms with Gasteiger partial charge in [0.25, 0.3) is 0 Å². The van der Waals surface area contributed by atoms with Crippen LogP contribution in [0.25, 0.3) is 0 Å². The summed E-state index contributed by atoms with van der Waals surface area (Å²) < 4.78 is 15.0. The van der Waals surface area contributed by atoms with Crippen molar-refractivity contribution in [2.24, 2.45) is 5.73 Å². The van der Waals surface area contributed by atoms with Crippen LogP contribution < -0.4 is 21.0 Å². The molecular weight excluding hydrogens is 373 g/mol. The number of nitrogens with two attached hydrogens (primary N) is 1. The fourth-order valence-corrected chi connectivity index (χ4v) is 2.46. The number of para-hydroxylation sites is 1. The van der Waals surface area contributed by atoms with E-state index in [1.165, 1.54) is 6.07 Å². The molecular formula is C16H20BN3O8. The molecule has 0 spiro atoms. The molecule has 0 saturated carbocycles. The molecule has 0 aromatic heterocycles. The Labute approximate surface area is 160 Å². The molecule has 1 atom stereocenters. The van der Waals surface area contributed by atoms with Crippen LogP contribution in [0.1, 0.15) is 29.3 Å². The molecule has 0 bridgehead atoms. The quantitative estimate of drug-likeness (QED) is 0.256. The van der Waals surface area contributed by atoms with E-state index in [2.05, 4.69) is 10.6 Å². The van der Waals surface area contributed by atoms with Crippen LogP contribution in [0.3, 0.4) is 0 Å². The largest absolute Gasteiger partial charge is 0.547 e. The Morgan fingerprint density at radius 2 is 2.07 bits per heavy atom. The summed E-state index contributed by atoms with van der Waals surface area (Å²) in [6.07, 6.45) is 0.320. The second-order valence-corrected chi connectivity index (χ2v) is 5.82. The molecule has 1 aromatic rings. The topological polar surface area (TPSA) is 166 Å². The van der Waals surface area contributed by atoms with E-state index < -0.39 is 43.7 Å². The van der Waals surface area contributed by atoms with E-state index >= 15 is 0 Å². The van der Waals surface area contributed by atoms with E-state index in [4.69, 9.17) is 19.9 Å². The third-order valence-corrected chi connectivity index (χ3v) is 3.81. The molecule has 0 fully saturated rings. The van der Waals surface area contributed by atoms with E-state index in [1.54, 1.807) is 19.1 Å². The van der Waals surface area contributed by atoms with Crippen molar-refractivity contribution in [3.05, 3.63) is 29.3 Å². The van der Waals surface area contributed by atoms with Crippen molar-refractivity contribution in [3.8, 4) is 5.75 Å². The molecule has 5 N–H and O–H groups in total. The molecule has 1 aromatic carbocycles. The van der Waals surface area contributed by atoms with Crippen LogP contribution in [0.2, 0.25) is 0 Å². The summed E-state index contributed by atoms with van der Waals surface area (Å²) in [6, 6.07) is 3.83. The van der Waals surface area contributed by atoms with Gasteiger partial charge in [0.2, 0.25) is 12.7 Å². The molecule has 2 rings (SSSR count). The first-order chi connectivity index (χ1) is 13.3. The Kier molecular flexibility index (Phi) is 7.21. The van der Waals surface area contributed by atoms with E-state index in [0.29, 0.717) is 5.56 Å². The average Bonchev–Trinajstić information content (AvgIpc) is 2.66. The Balaban J connectivity index is 2.03. The van der Waals surface area contributed by atoms with Gasteiger partial charge in [-0.15, -0.1) is 0 Å². The summed E-state index contributed by atoms with van der Waals surface area (Å²) >= 11 is 0. The molecule has 1 aliphatic rings. The zero-order chi connectivity index (χ0) is 20.7. The van der Waals surface area contributed by atoms with Crippen LogP contribution in [-0.4, -0.2) is 55.3 Å². The lowest BCUT2D eigenvalue weighted by Gasteiger charge is -2.29. The van der Waals surface area contributed by atoms with Crippen LogP contribution in [0.4, 0.5) is 4.79 Å². The van der Waals surface area contributed by atoms with Gasteiger partial charge in [-0.25, -0.2) is 9.59 Å². The highest BCUT2D eigenvalue weighted by Crippen LogP contribution is 2.30. The number of carbonyl (C=O) groups is 4. The monoisotopic (exact) mass is 393 g/mol. The summed E-state index contributed by atoms with van der Waals surface area (Å²) in [5, 5.41) is 14.8. The van der Waals surface area contributed by atoms with Crippen molar-refractivity contribution in [1.29, 1.82) is 0 Å². The number of primary amides is 1. The minimum atomic E-state index is -1.43. The second-order valence-electron chi connectivity index (χ2n) is 5.82. The molecule has 0 saturated heterocycles. The Hall–Kier alpha value is -3.28. The maximum atomic E-state index is 12.2. The molecule has 0 aliphatic carbocycles. The van der Waals surface area contributed by atoms with E-state index in [-0.39, 0.29) is 30.7 Å². The van der Waals surface area contributed by atoms with Crippen LogP contribution in [0.5, 0.6) is 5.75 Å². The fourth-order valence-electron chi connectivity index (χ4n) is 2.46. The van der Waals surface area contributed by atoms with Crippen molar-refractivity contribution in [1.82, 2.24) is 10.6 Å². The Bertz CT molecular complexity index is 772. The molecule has 1 aliphatic heterocycles. The number of amides is 3. The maximum Gasteiger partial charge on any atom is 0.547 e. The number of urea groups is 1. The summed E-state index contributed by atoms with van der Waals surface area (Å²) in [5.41, 5.74) is 5.49. The molecule has 12 heteroatoms. The molecule has 150 valence electrons. The van der Waals surface area contributed by atoms with Gasteiger partial charge in [0.15, 0.2) is 0 Å². The molecule has 28 heavy (non-hydrogen) atoms. The molecule has 1 unspecified atom stereocenters. The number of benzene rings is 1. The van der Waals surface area contributed by atoms with Crippen LogP contribution in [0.15, 0.2) is 18.2 Å². The molecule has 1 heterocycles. The van der Waals surface area contributed by atoms with Gasteiger partial charge in [-0.1, -0.05) is 19.1 Å². The highest BCUT2D eigenvalue weighted by atomic mass is 16.7. The number of nitrogens with one attached hydrogen (secondary N) is 2. The number of rotatable bonds is 7. The highest BCUT2D eigenvalue weighted by Gasteiger charge is 2.37. The molecule has 3 amide bonds. The second kappa shape index (κ2) is 9.60. The predicted octanol–water partition coefficient (Wildman–Crippen LogP) is -1.14. The van der Waals surface area contributed by atoms with Gasteiger partial charge in [0.1, 0.15) is 11.3 Å². The van der Waals surface area contributed by atoms with E-state index in [0.717, 1.165) is 0 Å². The van der Waals surface area contributed by atoms with E-state index in [9.17, 15) is 24.2 Å². The number of hydrogen-bond acceptors (Lipinski definition) is 8. The first kappa shape index (κ1) is 21.0. The zero-order valence-corrected chi connectivity index (χ0v) is 15.1. The summed E-state index contributed by atoms with van der Waals surface area (Å²) in [5.74, 6) is -2.56. The maximum absolute atomic E-state index is 12.2. The van der Waals surface area contributed by atoms with E-state index in [1.807, 2.05) is 0 Å². The summed E-state index contributed by atoms with van der Waals surface area (Å²) in [4.78, 5) is 45.7. The Morgan fingerprint density at radius 1 is 1.32 bits per heavy atom. The average molecular weight is 393 g/mol. The van der Waals surface area contributed by atoms with Gasteiger partial charge in [0.05, 0.1) is 12.5 Å². The van der Waals surface area contributed by atoms with Gasteiger partial charge in [-0.05, 0) is 18.1 Å². The first-order valence-electron chi connectivity index (χ1n) is 8.43. The van der Waals surface area contributed by atoms with Gasteiger partial charge in [-0.3, -0.25) is 9.59 Å². The standard InChI is InChI=1S/C16H20BN3O8/c1-2-13(22)26-8-27-15(23)10-5-3-4-9-6-11(17(25)28-14(9)10)20-12(21)7-19-16(18)24/h3-5,11,25H,2,6-8H2,1H3,(H,20,21)(H3,18,19,24). The minimum absolute atomic E-state index is 0.0456. The van der Waals surface area contributed by atoms with Crippen LogP contribution >= 0.6 is 0 Å². The lowest BCUT2D eigenvalue weighted by molar-refractivity contribution is -0.151. The van der Waals surface area contributed by atoms with Gasteiger partial charge in [-0.2, -0.15) is 0 Å². The van der Waals surface area contributed by atoms with Crippen LogP contribution in [0, 0.1) is 0 Å². The van der Waals surface area contributed by atoms with Crippen molar-refractivity contribution in [2.75, 3.05) is 13.3 Å². The number of ether oxygens (including phenoxy) is 2. The SMILES string of the molecule is CCC(=O)OCOC(=O)c1cccc2c1OB(O)C(NC(=O)CNC(N)=O)C2. The number of fused-ring (bicyclic) bond motifs is 1. The third-order valence-electron chi connectivity index (χ3n) is 3.81. The summed E-state index contributed by atoms with van der Waals surface area (Å²) in [6.45, 7) is 0.712. The normalized spacial score (nSPS) is 14.9. The fraction of sp³-hybridized carbons (Fsp3) is 0.375. The lowest BCUT2D eigenvalue weighted by atomic mass is 9.72. The number of esters is 2. The molecule has 11 nitrogen and oxygen atoms in total. The highest BCUT2D eigenvalue weighted by molar-refractivity contribution is 6.47. The van der Waals surface area contributed by atoms with Crippen molar-refractivity contribution in [3.63, 3.8) is 0 Å². The van der Waals surface area contributed by atoms with Gasteiger partial charge in [0, 0.05) is 6.42 Å². The predicted molar refractivity (Wildman–Crippen MR) is 94.9 cm³/mol. The molecule has 0 radical (unpaired) electrons. The van der Waals surface area contributed by atoms with Crippen molar-refractivity contribution < 1.29 is 38.3 Å². The van der Waals surface area contributed by atoms with Gasteiger partial charge >= 0.3 is 25.1 Å². The third kappa shape index (κ3) is 5.61. The zero-order valence-electron chi connectivity index (χ0n) is 15.1.